The number of nitrogens with zero attached hydrogens (tertiary/aromatic N) is 2. The second-order valence-electron chi connectivity index (χ2n) is 11.4. The number of para-hydroxylation sites is 1. The zero-order valence-electron chi connectivity index (χ0n) is 24.0. The van der Waals surface area contributed by atoms with Crippen molar-refractivity contribution in [3.8, 4) is 11.5 Å². The molecule has 2 amide bonds. The number of ether oxygens (including phenoxy) is 2. The van der Waals surface area contributed by atoms with Crippen molar-refractivity contribution in [2.45, 2.75) is 45.1 Å². The van der Waals surface area contributed by atoms with E-state index >= 15 is 0 Å². The maximum Gasteiger partial charge on any atom is 0.259 e. The van der Waals surface area contributed by atoms with Gasteiger partial charge >= 0.3 is 0 Å². The van der Waals surface area contributed by atoms with Crippen LogP contribution in [0.4, 0.5) is 5.69 Å². The fraction of sp³-hybridized carbons (Fsp3) is 0.353. The molecule has 0 aliphatic heterocycles. The SMILES string of the molecule is CCC(NC(=O)c1cnc2cc(NC(=O)c3cccc(OC)c3OCC3CC4CCC3C4)ccc2c1)c1ccccn1. The molecule has 2 fully saturated rings. The van der Waals surface area contributed by atoms with Crippen LogP contribution in [-0.2, 0) is 0 Å². The van der Waals surface area contributed by atoms with E-state index in [2.05, 4.69) is 20.6 Å². The highest BCUT2D eigenvalue weighted by atomic mass is 16.5. The molecule has 0 saturated heterocycles. The molecule has 42 heavy (non-hydrogen) atoms. The minimum absolute atomic E-state index is 0.189. The van der Waals surface area contributed by atoms with Gasteiger partial charge in [0.05, 0.1) is 42.1 Å². The molecular weight excluding hydrogens is 528 g/mol. The van der Waals surface area contributed by atoms with Gasteiger partial charge in [-0.15, -0.1) is 0 Å². The average Bonchev–Trinajstić information content (AvgIpc) is 3.66. The molecule has 2 aromatic heterocycles. The molecule has 216 valence electrons. The number of methoxy groups -OCH3 is 1. The summed E-state index contributed by atoms with van der Waals surface area (Å²) in [5, 5.41) is 6.83. The van der Waals surface area contributed by atoms with Gasteiger partial charge in [-0.3, -0.25) is 19.6 Å². The predicted molar refractivity (Wildman–Crippen MR) is 162 cm³/mol. The van der Waals surface area contributed by atoms with Crippen LogP contribution in [0.2, 0.25) is 0 Å². The summed E-state index contributed by atoms with van der Waals surface area (Å²) in [5.41, 5.74) is 2.97. The van der Waals surface area contributed by atoms with Crippen molar-refractivity contribution < 1.29 is 19.1 Å². The number of rotatable bonds is 10. The highest BCUT2D eigenvalue weighted by Crippen LogP contribution is 2.48. The zero-order valence-corrected chi connectivity index (χ0v) is 24.0. The van der Waals surface area contributed by atoms with Gasteiger partial charge in [-0.1, -0.05) is 31.5 Å². The van der Waals surface area contributed by atoms with Gasteiger partial charge in [0.15, 0.2) is 11.5 Å². The smallest absolute Gasteiger partial charge is 0.259 e. The van der Waals surface area contributed by atoms with Gasteiger partial charge in [-0.05, 0) is 85.9 Å². The Labute approximate surface area is 245 Å². The van der Waals surface area contributed by atoms with E-state index < -0.39 is 0 Å². The first-order valence-corrected chi connectivity index (χ1v) is 14.7. The van der Waals surface area contributed by atoms with E-state index in [4.69, 9.17) is 9.47 Å². The number of benzene rings is 2. The maximum absolute atomic E-state index is 13.4. The van der Waals surface area contributed by atoms with E-state index in [-0.39, 0.29) is 17.9 Å². The lowest BCUT2D eigenvalue weighted by atomic mass is 9.89. The molecule has 8 heteroatoms. The third-order valence-corrected chi connectivity index (χ3v) is 8.73. The Hall–Kier alpha value is -4.46. The van der Waals surface area contributed by atoms with Crippen LogP contribution in [0.5, 0.6) is 11.5 Å². The molecule has 2 bridgehead atoms. The van der Waals surface area contributed by atoms with Crippen molar-refractivity contribution in [2.24, 2.45) is 17.8 Å². The number of carbonyl (C=O) groups excluding carboxylic acids is 2. The number of fused-ring (bicyclic) bond motifs is 3. The van der Waals surface area contributed by atoms with Crippen LogP contribution >= 0.6 is 0 Å². The number of carbonyl (C=O) groups is 2. The summed E-state index contributed by atoms with van der Waals surface area (Å²) in [4.78, 5) is 35.3. The normalized spacial score (nSPS) is 19.8. The van der Waals surface area contributed by atoms with E-state index in [0.29, 0.717) is 52.8 Å². The molecule has 4 unspecified atom stereocenters. The standard InChI is InChI=1S/C34H36N4O4/c1-3-28(29-8-4-5-14-35-29)38-33(39)24-17-23-12-13-26(18-30(23)36-19-24)37-34(40)27-7-6-9-31(41-2)32(27)42-20-25-16-21-10-11-22(25)15-21/h4-9,12-14,17-19,21-22,25,28H,3,10-11,15-16,20H2,1-2H3,(H,37,40)(H,38,39). The second-order valence-corrected chi connectivity index (χ2v) is 11.4. The van der Waals surface area contributed by atoms with Gasteiger partial charge in [0.25, 0.3) is 11.8 Å². The molecule has 4 aromatic rings. The van der Waals surface area contributed by atoms with Gasteiger partial charge < -0.3 is 20.1 Å². The number of amides is 2. The molecule has 2 saturated carbocycles. The van der Waals surface area contributed by atoms with Crippen LogP contribution in [0.3, 0.4) is 0 Å². The van der Waals surface area contributed by atoms with Crippen molar-refractivity contribution in [3.05, 3.63) is 89.9 Å². The Bertz CT molecular complexity index is 1590. The van der Waals surface area contributed by atoms with Gasteiger partial charge in [0.2, 0.25) is 0 Å². The quantitative estimate of drug-likeness (QED) is 0.225. The van der Waals surface area contributed by atoms with E-state index in [0.717, 1.165) is 22.9 Å². The number of hydrogen-bond donors (Lipinski definition) is 2. The lowest BCUT2D eigenvalue weighted by Crippen LogP contribution is -2.28. The van der Waals surface area contributed by atoms with Crippen molar-refractivity contribution in [3.63, 3.8) is 0 Å². The molecule has 2 aliphatic rings. The molecule has 6 rings (SSSR count). The molecule has 0 spiro atoms. The predicted octanol–water partition coefficient (Wildman–Crippen LogP) is 6.59. The third-order valence-electron chi connectivity index (χ3n) is 8.73. The summed E-state index contributed by atoms with van der Waals surface area (Å²) < 4.78 is 11.8. The van der Waals surface area contributed by atoms with E-state index in [1.165, 1.54) is 25.7 Å². The van der Waals surface area contributed by atoms with Crippen LogP contribution in [-0.4, -0.2) is 35.5 Å². The second kappa shape index (κ2) is 12.2. The summed E-state index contributed by atoms with van der Waals surface area (Å²) >= 11 is 0. The molecule has 2 heterocycles. The molecule has 8 nitrogen and oxygen atoms in total. The number of pyridine rings is 2. The van der Waals surface area contributed by atoms with Crippen molar-refractivity contribution in [1.82, 2.24) is 15.3 Å². The number of nitrogens with one attached hydrogen (secondary N) is 2. The van der Waals surface area contributed by atoms with Crippen LogP contribution < -0.4 is 20.1 Å². The minimum Gasteiger partial charge on any atom is -0.493 e. The monoisotopic (exact) mass is 564 g/mol. The zero-order chi connectivity index (χ0) is 29.1. The van der Waals surface area contributed by atoms with Gasteiger partial charge in [-0.2, -0.15) is 0 Å². The number of aromatic nitrogens is 2. The van der Waals surface area contributed by atoms with Gasteiger partial charge in [0, 0.05) is 23.5 Å². The fourth-order valence-corrected chi connectivity index (χ4v) is 6.51. The van der Waals surface area contributed by atoms with Crippen molar-refractivity contribution in [2.75, 3.05) is 19.0 Å². The van der Waals surface area contributed by atoms with E-state index in [9.17, 15) is 9.59 Å². The molecular formula is C34H36N4O4. The molecule has 2 aliphatic carbocycles. The Morgan fingerprint density at radius 3 is 2.64 bits per heavy atom. The van der Waals surface area contributed by atoms with Crippen molar-refractivity contribution in [1.29, 1.82) is 0 Å². The molecule has 2 N–H and O–H groups in total. The molecule has 0 radical (unpaired) electrons. The summed E-state index contributed by atoms with van der Waals surface area (Å²) in [7, 11) is 1.59. The first-order chi connectivity index (χ1) is 20.5. The van der Waals surface area contributed by atoms with Crippen LogP contribution in [0.25, 0.3) is 10.9 Å². The Morgan fingerprint density at radius 1 is 1.00 bits per heavy atom. The third kappa shape index (κ3) is 5.79. The van der Waals surface area contributed by atoms with Crippen LogP contribution in [0.15, 0.2) is 73.1 Å². The van der Waals surface area contributed by atoms with E-state index in [1.54, 1.807) is 43.8 Å². The lowest BCUT2D eigenvalue weighted by molar-refractivity contribution is 0.0933. The van der Waals surface area contributed by atoms with Crippen LogP contribution in [0, 0.1) is 17.8 Å². The fourth-order valence-electron chi connectivity index (χ4n) is 6.51. The Kier molecular flexibility index (Phi) is 8.04. The number of anilines is 1. The highest BCUT2D eigenvalue weighted by molar-refractivity contribution is 6.07. The summed E-state index contributed by atoms with van der Waals surface area (Å²) in [6, 6.07) is 18.1. The highest BCUT2D eigenvalue weighted by Gasteiger charge is 2.40. The lowest BCUT2D eigenvalue weighted by Gasteiger charge is -2.23. The molecule has 4 atom stereocenters. The Morgan fingerprint density at radius 2 is 1.90 bits per heavy atom. The van der Waals surface area contributed by atoms with Gasteiger partial charge in [-0.25, -0.2) is 0 Å². The minimum atomic E-state index is -0.285. The van der Waals surface area contributed by atoms with Crippen LogP contribution in [0.1, 0.15) is 71.5 Å². The largest absolute Gasteiger partial charge is 0.493 e. The van der Waals surface area contributed by atoms with Crippen molar-refractivity contribution >= 4 is 28.4 Å². The number of hydrogen-bond acceptors (Lipinski definition) is 6. The maximum atomic E-state index is 13.4. The summed E-state index contributed by atoms with van der Waals surface area (Å²) in [6.07, 6.45) is 9.12. The summed E-state index contributed by atoms with van der Waals surface area (Å²) in [5.74, 6) is 2.62. The topological polar surface area (TPSA) is 102 Å². The average molecular weight is 565 g/mol. The summed E-state index contributed by atoms with van der Waals surface area (Å²) in [6.45, 7) is 2.60. The van der Waals surface area contributed by atoms with Gasteiger partial charge in [0.1, 0.15) is 0 Å². The first-order valence-electron chi connectivity index (χ1n) is 14.7. The molecule has 2 aromatic carbocycles. The Balaban J connectivity index is 1.15. The first kappa shape index (κ1) is 27.7. The van der Waals surface area contributed by atoms with E-state index in [1.807, 2.05) is 43.3 Å².